The summed E-state index contributed by atoms with van der Waals surface area (Å²) in [5.74, 6) is -0.168. The van der Waals surface area contributed by atoms with Gasteiger partial charge in [-0.1, -0.05) is 0 Å². The number of halogens is 3. The van der Waals surface area contributed by atoms with Crippen LogP contribution in [0, 0.1) is 0 Å². The van der Waals surface area contributed by atoms with Crippen LogP contribution < -0.4 is 5.73 Å². The summed E-state index contributed by atoms with van der Waals surface area (Å²) in [6.45, 7) is 1.44. The van der Waals surface area contributed by atoms with Crippen molar-refractivity contribution in [1.29, 1.82) is 0 Å². The minimum Gasteiger partial charge on any atom is -0.399 e. The van der Waals surface area contributed by atoms with Crippen LogP contribution in [0.15, 0.2) is 30.6 Å². The third-order valence-electron chi connectivity index (χ3n) is 2.83. The molecule has 9 heteroatoms. The first-order chi connectivity index (χ1) is 9.63. The zero-order valence-corrected chi connectivity index (χ0v) is 11.7. The Morgan fingerprint density at radius 1 is 1.24 bits per heavy atom. The molecule has 2 N–H and O–H groups in total. The molecule has 1 heterocycles. The van der Waals surface area contributed by atoms with Gasteiger partial charge in [0.05, 0.1) is 23.7 Å². The maximum absolute atomic E-state index is 12.7. The van der Waals surface area contributed by atoms with Crippen molar-refractivity contribution in [2.45, 2.75) is 13.1 Å². The largest absolute Gasteiger partial charge is 0.416 e. The predicted molar refractivity (Wildman–Crippen MR) is 71.9 cm³/mol. The van der Waals surface area contributed by atoms with E-state index in [0.717, 1.165) is 22.4 Å². The normalized spacial score (nSPS) is 12.6. The number of alkyl halides is 3. The molecule has 114 valence electrons. The van der Waals surface area contributed by atoms with Crippen molar-refractivity contribution in [1.82, 2.24) is 9.19 Å². The SMILES string of the molecule is CCS(=O)(=O)n1cc(-c2cc(N)cc(C(F)(F)F)c2)cn1. The fourth-order valence-corrected chi connectivity index (χ4v) is 2.45. The first-order valence-electron chi connectivity index (χ1n) is 5.89. The summed E-state index contributed by atoms with van der Waals surface area (Å²) < 4.78 is 62.2. The summed E-state index contributed by atoms with van der Waals surface area (Å²) in [6.07, 6.45) is -2.19. The molecule has 0 spiro atoms. The van der Waals surface area contributed by atoms with Crippen LogP contribution in [0.3, 0.4) is 0 Å². The van der Waals surface area contributed by atoms with Crippen LogP contribution >= 0.6 is 0 Å². The van der Waals surface area contributed by atoms with Crippen molar-refractivity contribution in [3.63, 3.8) is 0 Å². The minimum atomic E-state index is -4.53. The fourth-order valence-electron chi connectivity index (χ4n) is 1.72. The van der Waals surface area contributed by atoms with Crippen LogP contribution in [-0.2, 0) is 16.2 Å². The lowest BCUT2D eigenvalue weighted by Gasteiger charge is -2.09. The average molecular weight is 319 g/mol. The standard InChI is InChI=1S/C12H12F3N3O2S/c1-2-21(19,20)18-7-9(6-17-18)8-3-10(12(13,14)15)5-11(16)4-8/h3-7H,2,16H2,1H3. The molecule has 0 saturated carbocycles. The van der Waals surface area contributed by atoms with Gasteiger partial charge in [-0.3, -0.25) is 0 Å². The average Bonchev–Trinajstić information content (AvgIpc) is 2.87. The van der Waals surface area contributed by atoms with Crippen LogP contribution in [0.2, 0.25) is 0 Å². The second-order valence-corrected chi connectivity index (χ2v) is 6.46. The number of aromatic nitrogens is 2. The van der Waals surface area contributed by atoms with E-state index < -0.39 is 21.8 Å². The van der Waals surface area contributed by atoms with Gasteiger partial charge in [0.15, 0.2) is 0 Å². The van der Waals surface area contributed by atoms with Gasteiger partial charge in [0.2, 0.25) is 0 Å². The molecule has 0 fully saturated rings. The van der Waals surface area contributed by atoms with Crippen molar-refractivity contribution < 1.29 is 21.6 Å². The van der Waals surface area contributed by atoms with Gasteiger partial charge in [-0.25, -0.2) is 8.42 Å². The highest BCUT2D eigenvalue weighted by Crippen LogP contribution is 2.34. The van der Waals surface area contributed by atoms with Gasteiger partial charge in [-0.05, 0) is 30.7 Å². The molecule has 0 saturated heterocycles. The van der Waals surface area contributed by atoms with Gasteiger partial charge in [-0.2, -0.15) is 22.4 Å². The Labute approximate surface area is 119 Å². The maximum atomic E-state index is 12.7. The van der Waals surface area contributed by atoms with Crippen LogP contribution in [-0.4, -0.2) is 23.4 Å². The first kappa shape index (κ1) is 15.4. The summed E-state index contributed by atoms with van der Waals surface area (Å²) >= 11 is 0. The quantitative estimate of drug-likeness (QED) is 0.881. The van der Waals surface area contributed by atoms with Gasteiger partial charge in [0.25, 0.3) is 10.0 Å². The van der Waals surface area contributed by atoms with Crippen molar-refractivity contribution >= 4 is 15.7 Å². The molecule has 2 rings (SSSR count). The summed E-state index contributed by atoms with van der Waals surface area (Å²) in [7, 11) is -3.58. The lowest BCUT2D eigenvalue weighted by atomic mass is 10.0. The topological polar surface area (TPSA) is 78.0 Å². The number of nitrogens with two attached hydrogens (primary N) is 1. The molecular weight excluding hydrogens is 307 g/mol. The Bertz CT molecular complexity index is 766. The number of nitrogens with zero attached hydrogens (tertiary/aromatic N) is 2. The van der Waals surface area contributed by atoms with E-state index in [0.29, 0.717) is 0 Å². The van der Waals surface area contributed by atoms with Crippen molar-refractivity contribution in [3.05, 3.63) is 36.2 Å². The Morgan fingerprint density at radius 2 is 1.90 bits per heavy atom. The van der Waals surface area contributed by atoms with E-state index in [1.807, 2.05) is 0 Å². The lowest BCUT2D eigenvalue weighted by molar-refractivity contribution is -0.137. The summed E-state index contributed by atoms with van der Waals surface area (Å²) in [5.41, 5.74) is 4.90. The van der Waals surface area contributed by atoms with Crippen LogP contribution in [0.25, 0.3) is 11.1 Å². The molecule has 0 atom stereocenters. The van der Waals surface area contributed by atoms with Crippen LogP contribution in [0.1, 0.15) is 12.5 Å². The van der Waals surface area contributed by atoms with E-state index in [9.17, 15) is 21.6 Å². The minimum absolute atomic E-state index is 0.0640. The van der Waals surface area contributed by atoms with E-state index >= 15 is 0 Å². The van der Waals surface area contributed by atoms with Crippen molar-refractivity contribution in [2.75, 3.05) is 11.5 Å². The fraction of sp³-hybridized carbons (Fsp3) is 0.250. The zero-order valence-electron chi connectivity index (χ0n) is 10.9. The van der Waals surface area contributed by atoms with E-state index in [4.69, 9.17) is 5.73 Å². The molecule has 0 radical (unpaired) electrons. The molecule has 5 nitrogen and oxygen atoms in total. The zero-order chi connectivity index (χ0) is 15.8. The number of hydrogen-bond acceptors (Lipinski definition) is 4. The Balaban J connectivity index is 2.51. The molecule has 1 aromatic carbocycles. The third-order valence-corrected chi connectivity index (χ3v) is 4.33. The van der Waals surface area contributed by atoms with E-state index in [2.05, 4.69) is 5.10 Å². The van der Waals surface area contributed by atoms with E-state index in [-0.39, 0.29) is 22.6 Å². The first-order valence-corrected chi connectivity index (χ1v) is 7.50. The molecule has 0 unspecified atom stereocenters. The van der Waals surface area contributed by atoms with Gasteiger partial charge in [0.1, 0.15) is 0 Å². The van der Waals surface area contributed by atoms with Crippen molar-refractivity contribution in [3.8, 4) is 11.1 Å². The highest BCUT2D eigenvalue weighted by atomic mass is 32.2. The molecule has 0 aliphatic rings. The highest BCUT2D eigenvalue weighted by Gasteiger charge is 2.31. The molecule has 0 aliphatic carbocycles. The molecule has 0 bridgehead atoms. The van der Waals surface area contributed by atoms with Gasteiger partial charge in [-0.15, -0.1) is 0 Å². The molecule has 0 aliphatic heterocycles. The van der Waals surface area contributed by atoms with Crippen molar-refractivity contribution in [2.24, 2.45) is 0 Å². The number of anilines is 1. The molecular formula is C12H12F3N3O2S. The predicted octanol–water partition coefficient (Wildman–Crippen LogP) is 2.35. The number of hydrogen-bond donors (Lipinski definition) is 1. The molecule has 2 aromatic rings. The second-order valence-electron chi connectivity index (χ2n) is 4.34. The number of rotatable bonds is 3. The summed E-state index contributed by atoms with van der Waals surface area (Å²) in [6, 6.07) is 3.04. The summed E-state index contributed by atoms with van der Waals surface area (Å²) in [5, 5.41) is 3.66. The van der Waals surface area contributed by atoms with E-state index in [1.54, 1.807) is 0 Å². The maximum Gasteiger partial charge on any atom is 0.416 e. The monoisotopic (exact) mass is 319 g/mol. The molecule has 21 heavy (non-hydrogen) atoms. The number of nitrogen functional groups attached to an aromatic ring is 1. The Hall–Kier alpha value is -2.03. The third kappa shape index (κ3) is 3.18. The van der Waals surface area contributed by atoms with Crippen LogP contribution in [0.5, 0.6) is 0 Å². The summed E-state index contributed by atoms with van der Waals surface area (Å²) in [4.78, 5) is 0. The smallest absolute Gasteiger partial charge is 0.399 e. The Morgan fingerprint density at radius 3 is 2.48 bits per heavy atom. The lowest BCUT2D eigenvalue weighted by Crippen LogP contribution is -2.14. The number of benzene rings is 1. The van der Waals surface area contributed by atoms with Gasteiger partial charge in [0, 0.05) is 11.3 Å². The van der Waals surface area contributed by atoms with E-state index in [1.165, 1.54) is 19.2 Å². The molecule has 0 amide bonds. The second kappa shape index (κ2) is 5.06. The Kier molecular flexibility index (Phi) is 3.70. The van der Waals surface area contributed by atoms with Gasteiger partial charge >= 0.3 is 6.18 Å². The van der Waals surface area contributed by atoms with Crippen LogP contribution in [0.4, 0.5) is 18.9 Å². The highest BCUT2D eigenvalue weighted by molar-refractivity contribution is 7.89. The molecule has 1 aromatic heterocycles. The van der Waals surface area contributed by atoms with Gasteiger partial charge < -0.3 is 5.73 Å².